The van der Waals surface area contributed by atoms with Crippen LogP contribution in [0.15, 0.2) is 21.1 Å². The summed E-state index contributed by atoms with van der Waals surface area (Å²) < 4.78 is 1.96. The molecule has 0 heterocycles. The fourth-order valence-corrected chi connectivity index (χ4v) is 2.65. The number of rotatable bonds is 0. The predicted octanol–water partition coefficient (Wildman–Crippen LogP) is 4.83. The Morgan fingerprint density at radius 3 is 2.33 bits per heavy atom. The van der Waals surface area contributed by atoms with Gasteiger partial charge in [0.1, 0.15) is 0 Å². The van der Waals surface area contributed by atoms with Gasteiger partial charge >= 0.3 is 0 Å². The van der Waals surface area contributed by atoms with Gasteiger partial charge in [0.15, 0.2) is 0 Å². The molecule has 0 aromatic heterocycles. The third-order valence-electron chi connectivity index (χ3n) is 1.74. The van der Waals surface area contributed by atoms with Gasteiger partial charge in [-0.2, -0.15) is 0 Å². The number of benzene rings is 1. The van der Waals surface area contributed by atoms with E-state index in [4.69, 9.17) is 23.2 Å². The Labute approximate surface area is 96.8 Å². The summed E-state index contributed by atoms with van der Waals surface area (Å²) >= 11 is 18.6. The van der Waals surface area contributed by atoms with Gasteiger partial charge in [0, 0.05) is 20.1 Å². The Bertz CT molecular complexity index is 396. The molecule has 12 heavy (non-hydrogen) atoms. The van der Waals surface area contributed by atoms with Crippen molar-refractivity contribution in [1.29, 1.82) is 0 Å². The van der Waals surface area contributed by atoms with E-state index in [0.717, 1.165) is 20.1 Å². The molecule has 0 fully saturated rings. The Hall–Kier alpha value is 0.500. The molecule has 0 unspecified atom stereocenters. The lowest BCUT2D eigenvalue weighted by molar-refractivity contribution is 1.47. The fraction of sp³-hybridized carbons (Fsp3) is 0. The molecule has 0 bridgehead atoms. The smallest absolute Gasteiger partial charge is 0.0689 e. The van der Waals surface area contributed by atoms with Crippen LogP contribution in [0, 0.1) is 0 Å². The lowest BCUT2D eigenvalue weighted by atomic mass is 9.97. The van der Waals surface area contributed by atoms with Crippen LogP contribution in [0.3, 0.4) is 0 Å². The van der Waals surface area contributed by atoms with E-state index < -0.39 is 0 Å². The predicted molar refractivity (Wildman–Crippen MR) is 60.4 cm³/mol. The van der Waals surface area contributed by atoms with Crippen LogP contribution in [0.5, 0.6) is 0 Å². The maximum absolute atomic E-state index is 5.90. The van der Waals surface area contributed by atoms with Gasteiger partial charge in [-0.05, 0) is 37.9 Å². The lowest BCUT2D eigenvalue weighted by Crippen LogP contribution is -2.00. The normalized spacial score (nSPS) is 14.3. The number of halogens is 4. The molecule has 1 aromatic carbocycles. The van der Waals surface area contributed by atoms with E-state index in [-0.39, 0.29) is 0 Å². The van der Waals surface area contributed by atoms with E-state index in [0.29, 0.717) is 10.1 Å². The summed E-state index contributed by atoms with van der Waals surface area (Å²) in [5.74, 6) is 0. The maximum Gasteiger partial charge on any atom is 0.0689 e. The van der Waals surface area contributed by atoms with Crippen LogP contribution in [0.4, 0.5) is 0 Å². The summed E-state index contributed by atoms with van der Waals surface area (Å²) in [5, 5.41) is 1.29. The zero-order valence-electron chi connectivity index (χ0n) is 5.67. The molecular weight excluding hydrogens is 327 g/mol. The fourth-order valence-electron chi connectivity index (χ4n) is 1.11. The quantitative estimate of drug-likeness (QED) is 0.640. The molecule has 1 aliphatic rings. The highest BCUT2D eigenvalue weighted by molar-refractivity contribution is 9.13. The first kappa shape index (κ1) is 9.07. The van der Waals surface area contributed by atoms with E-state index in [1.807, 2.05) is 12.1 Å². The minimum atomic E-state index is 0.639. The van der Waals surface area contributed by atoms with Crippen molar-refractivity contribution in [3.63, 3.8) is 0 Å². The largest absolute Gasteiger partial charge is 0.0820 e. The first-order chi connectivity index (χ1) is 5.63. The highest BCUT2D eigenvalue weighted by Crippen LogP contribution is 2.50. The summed E-state index contributed by atoms with van der Waals surface area (Å²) in [6.45, 7) is 0. The van der Waals surface area contributed by atoms with Gasteiger partial charge in [0.2, 0.25) is 0 Å². The van der Waals surface area contributed by atoms with Crippen LogP contribution in [-0.2, 0) is 0 Å². The number of fused-ring (bicyclic) bond motifs is 1. The van der Waals surface area contributed by atoms with Crippen molar-refractivity contribution in [3.8, 4) is 0 Å². The molecule has 0 spiro atoms. The van der Waals surface area contributed by atoms with Crippen molar-refractivity contribution in [2.75, 3.05) is 0 Å². The summed E-state index contributed by atoms with van der Waals surface area (Å²) in [6.07, 6.45) is 0. The molecule has 4 heteroatoms. The van der Waals surface area contributed by atoms with Gasteiger partial charge < -0.3 is 0 Å². The third kappa shape index (κ3) is 1.09. The zero-order chi connectivity index (χ0) is 8.88. The van der Waals surface area contributed by atoms with Gasteiger partial charge in [-0.1, -0.05) is 29.3 Å². The van der Waals surface area contributed by atoms with E-state index in [1.54, 1.807) is 0 Å². The summed E-state index contributed by atoms with van der Waals surface area (Å²) in [5.41, 5.74) is 2.01. The molecular formula is C8H2Br2Cl2. The van der Waals surface area contributed by atoms with Crippen molar-refractivity contribution < 1.29 is 0 Å². The van der Waals surface area contributed by atoms with E-state index in [1.165, 1.54) is 0 Å². The van der Waals surface area contributed by atoms with Crippen LogP contribution in [0.25, 0.3) is 10.1 Å². The second-order valence-electron chi connectivity index (χ2n) is 2.41. The number of hydrogen-bond acceptors (Lipinski definition) is 0. The molecule has 0 saturated heterocycles. The molecule has 0 atom stereocenters. The molecule has 0 amide bonds. The molecule has 1 aromatic rings. The first-order valence-corrected chi connectivity index (χ1v) is 5.51. The molecule has 0 nitrogen and oxygen atoms in total. The lowest BCUT2D eigenvalue weighted by Gasteiger charge is -2.21. The average molecular weight is 329 g/mol. The summed E-state index contributed by atoms with van der Waals surface area (Å²) in [4.78, 5) is 0. The second-order valence-corrected chi connectivity index (χ2v) is 4.82. The Morgan fingerprint density at radius 2 is 1.67 bits per heavy atom. The van der Waals surface area contributed by atoms with E-state index in [9.17, 15) is 0 Å². The van der Waals surface area contributed by atoms with Gasteiger partial charge in [-0.25, -0.2) is 0 Å². The Kier molecular flexibility index (Phi) is 2.28. The SMILES string of the molecule is ClC1=C(Cl)c2c1ccc(Br)c2Br. The van der Waals surface area contributed by atoms with Crippen molar-refractivity contribution in [1.82, 2.24) is 0 Å². The van der Waals surface area contributed by atoms with Gasteiger partial charge in [-0.15, -0.1) is 0 Å². The van der Waals surface area contributed by atoms with Crippen LogP contribution in [0.1, 0.15) is 11.1 Å². The second kappa shape index (κ2) is 3.02. The molecule has 1 aliphatic carbocycles. The van der Waals surface area contributed by atoms with Crippen LogP contribution in [-0.4, -0.2) is 0 Å². The molecule has 0 radical (unpaired) electrons. The minimum Gasteiger partial charge on any atom is -0.0820 e. The van der Waals surface area contributed by atoms with Crippen molar-refractivity contribution >= 4 is 65.1 Å². The Morgan fingerprint density at radius 1 is 1.00 bits per heavy atom. The highest BCUT2D eigenvalue weighted by Gasteiger charge is 2.26. The van der Waals surface area contributed by atoms with Crippen LogP contribution in [0.2, 0.25) is 0 Å². The molecule has 2 rings (SSSR count). The third-order valence-corrected chi connectivity index (χ3v) is 4.63. The first-order valence-electron chi connectivity index (χ1n) is 3.17. The molecule has 0 saturated carbocycles. The molecule has 62 valence electrons. The number of hydrogen-bond donors (Lipinski definition) is 0. The van der Waals surface area contributed by atoms with Crippen LogP contribution < -0.4 is 0 Å². The maximum atomic E-state index is 5.90. The van der Waals surface area contributed by atoms with Crippen molar-refractivity contribution in [2.24, 2.45) is 0 Å². The van der Waals surface area contributed by atoms with Gasteiger partial charge in [-0.3, -0.25) is 0 Å². The van der Waals surface area contributed by atoms with Gasteiger partial charge in [0.05, 0.1) is 10.1 Å². The summed E-state index contributed by atoms with van der Waals surface area (Å²) in [6, 6.07) is 3.88. The van der Waals surface area contributed by atoms with Crippen molar-refractivity contribution in [2.45, 2.75) is 0 Å². The summed E-state index contributed by atoms with van der Waals surface area (Å²) in [7, 11) is 0. The topological polar surface area (TPSA) is 0 Å². The van der Waals surface area contributed by atoms with E-state index in [2.05, 4.69) is 31.9 Å². The van der Waals surface area contributed by atoms with Gasteiger partial charge in [0.25, 0.3) is 0 Å². The van der Waals surface area contributed by atoms with Crippen molar-refractivity contribution in [3.05, 3.63) is 32.2 Å². The van der Waals surface area contributed by atoms with E-state index >= 15 is 0 Å². The minimum absolute atomic E-state index is 0.639. The van der Waals surface area contributed by atoms with Crippen LogP contribution >= 0.6 is 55.1 Å². The molecule has 0 N–H and O–H groups in total. The standard InChI is InChI=1S/C8H2Br2Cl2/c9-4-2-1-3-5(6(4)10)8(12)7(3)11/h1-2H. The molecule has 0 aliphatic heterocycles. The average Bonchev–Trinajstić information content (AvgIpc) is 2.08. The highest BCUT2D eigenvalue weighted by atomic mass is 79.9. The monoisotopic (exact) mass is 326 g/mol. The Balaban J connectivity index is 2.69. The zero-order valence-corrected chi connectivity index (χ0v) is 10.4.